The molecule has 0 aliphatic heterocycles. The number of nitrogens with one attached hydrogen (secondary N) is 1. The number of benzene rings is 2. The predicted molar refractivity (Wildman–Crippen MR) is 114 cm³/mol. The van der Waals surface area contributed by atoms with Crippen LogP contribution in [-0.4, -0.2) is 26.3 Å². The van der Waals surface area contributed by atoms with Crippen molar-refractivity contribution in [1.82, 2.24) is 19.7 Å². The Kier molecular flexibility index (Phi) is 5.35. The summed E-state index contributed by atoms with van der Waals surface area (Å²) in [6.07, 6.45) is 1.78. The molecule has 30 heavy (non-hydrogen) atoms. The Labute approximate surface area is 174 Å². The topological polar surface area (TPSA) is 86.0 Å². The molecule has 1 aliphatic carbocycles. The number of aromatic nitrogens is 3. The molecule has 0 bridgehead atoms. The highest BCUT2D eigenvalue weighted by molar-refractivity contribution is 5.92. The summed E-state index contributed by atoms with van der Waals surface area (Å²) in [4.78, 5) is 38.8. The van der Waals surface area contributed by atoms with E-state index in [4.69, 9.17) is 0 Å². The summed E-state index contributed by atoms with van der Waals surface area (Å²) < 4.78 is 2.21. The zero-order valence-corrected chi connectivity index (χ0v) is 17.0. The molecular weight excluding hydrogens is 380 g/mol. The highest BCUT2D eigenvalue weighted by Crippen LogP contribution is 2.19. The number of nitrogens with zero attached hydrogens (tertiary/aromatic N) is 3. The van der Waals surface area contributed by atoms with E-state index in [1.165, 1.54) is 0 Å². The summed E-state index contributed by atoms with van der Waals surface area (Å²) in [5.41, 5.74) is 0.882. The van der Waals surface area contributed by atoms with Crippen LogP contribution < -0.4 is 16.6 Å². The molecule has 1 fully saturated rings. The van der Waals surface area contributed by atoms with Gasteiger partial charge in [0.2, 0.25) is 5.69 Å². The monoisotopic (exact) mass is 404 g/mol. The average molecular weight is 404 g/mol. The van der Waals surface area contributed by atoms with Crippen molar-refractivity contribution in [3.8, 4) is 5.69 Å². The van der Waals surface area contributed by atoms with Gasteiger partial charge in [-0.1, -0.05) is 56.3 Å². The van der Waals surface area contributed by atoms with Crippen molar-refractivity contribution in [2.24, 2.45) is 0 Å². The summed E-state index contributed by atoms with van der Waals surface area (Å²) in [6, 6.07) is 16.7. The Morgan fingerprint density at radius 2 is 1.73 bits per heavy atom. The maximum atomic E-state index is 13.2. The van der Waals surface area contributed by atoms with Crippen LogP contribution in [0.25, 0.3) is 5.69 Å². The van der Waals surface area contributed by atoms with Gasteiger partial charge in [-0.25, -0.2) is 4.79 Å². The molecule has 0 atom stereocenters. The Morgan fingerprint density at radius 3 is 2.33 bits per heavy atom. The van der Waals surface area contributed by atoms with Gasteiger partial charge < -0.3 is 5.32 Å². The van der Waals surface area contributed by atoms with E-state index >= 15 is 0 Å². The lowest BCUT2D eigenvalue weighted by Gasteiger charge is -2.13. The first-order chi connectivity index (χ1) is 14.4. The van der Waals surface area contributed by atoms with Crippen molar-refractivity contribution in [2.45, 2.75) is 45.2 Å². The lowest BCUT2D eigenvalue weighted by atomic mass is 10.0. The normalized spacial score (nSPS) is 13.4. The fraction of sp³-hybridized carbons (Fsp3) is 0.304. The fourth-order valence-electron chi connectivity index (χ4n) is 3.21. The number of rotatable bonds is 6. The van der Waals surface area contributed by atoms with E-state index in [0.29, 0.717) is 11.6 Å². The number of carbonyl (C=O) groups excluding carboxylic acids is 1. The molecule has 0 spiro atoms. The van der Waals surface area contributed by atoms with Crippen LogP contribution in [0.15, 0.2) is 64.2 Å². The molecule has 1 amide bonds. The smallest absolute Gasteiger partial charge is 0.348 e. The highest BCUT2D eigenvalue weighted by Gasteiger charge is 2.27. The van der Waals surface area contributed by atoms with Crippen molar-refractivity contribution in [3.63, 3.8) is 0 Å². The SMILES string of the molecule is CC(C)c1ccc(-n2nc(C(=O)NC3CC3)c(=O)n(Cc3ccccc3)c2=O)cc1. The summed E-state index contributed by atoms with van der Waals surface area (Å²) in [7, 11) is 0. The molecule has 1 N–H and O–H groups in total. The van der Waals surface area contributed by atoms with Crippen LogP contribution in [0, 0.1) is 0 Å². The third-order valence-electron chi connectivity index (χ3n) is 5.18. The zero-order valence-electron chi connectivity index (χ0n) is 17.0. The predicted octanol–water partition coefficient (Wildman–Crippen LogP) is 2.46. The van der Waals surface area contributed by atoms with Crippen LogP contribution in [0.3, 0.4) is 0 Å². The Hall–Kier alpha value is -3.48. The zero-order chi connectivity index (χ0) is 21.3. The molecule has 0 saturated heterocycles. The quantitative estimate of drug-likeness (QED) is 0.684. The van der Waals surface area contributed by atoms with Gasteiger partial charge in [0.25, 0.3) is 11.5 Å². The van der Waals surface area contributed by atoms with Gasteiger partial charge in [0.05, 0.1) is 12.2 Å². The van der Waals surface area contributed by atoms with Gasteiger partial charge in [0, 0.05) is 6.04 Å². The highest BCUT2D eigenvalue weighted by atomic mass is 16.2. The minimum Gasteiger partial charge on any atom is -0.348 e. The van der Waals surface area contributed by atoms with Gasteiger partial charge in [0.1, 0.15) is 0 Å². The first kappa shape index (κ1) is 19.8. The first-order valence-electron chi connectivity index (χ1n) is 10.1. The Balaban J connectivity index is 1.83. The minimum absolute atomic E-state index is 0.0643. The maximum Gasteiger partial charge on any atom is 0.352 e. The van der Waals surface area contributed by atoms with E-state index in [0.717, 1.165) is 33.2 Å². The molecule has 3 aromatic rings. The van der Waals surface area contributed by atoms with Gasteiger partial charge >= 0.3 is 5.69 Å². The second-order valence-electron chi connectivity index (χ2n) is 7.91. The molecule has 1 aliphatic rings. The number of carbonyl (C=O) groups is 1. The van der Waals surface area contributed by atoms with Gasteiger partial charge in [-0.2, -0.15) is 9.78 Å². The maximum absolute atomic E-state index is 13.2. The minimum atomic E-state index is -0.683. The summed E-state index contributed by atoms with van der Waals surface area (Å²) >= 11 is 0. The summed E-state index contributed by atoms with van der Waals surface area (Å²) in [6.45, 7) is 4.23. The molecule has 1 heterocycles. The third kappa shape index (κ3) is 4.10. The van der Waals surface area contributed by atoms with E-state index in [9.17, 15) is 14.4 Å². The summed E-state index contributed by atoms with van der Waals surface area (Å²) in [5, 5.41) is 6.95. The second-order valence-corrected chi connectivity index (χ2v) is 7.91. The molecule has 1 aromatic heterocycles. The molecular formula is C23H24N4O3. The molecule has 0 unspecified atom stereocenters. The van der Waals surface area contributed by atoms with Crippen molar-refractivity contribution < 1.29 is 4.79 Å². The van der Waals surface area contributed by atoms with Crippen LogP contribution in [-0.2, 0) is 6.54 Å². The molecule has 4 rings (SSSR count). The van der Waals surface area contributed by atoms with Gasteiger partial charge in [-0.15, -0.1) is 0 Å². The molecule has 7 heteroatoms. The number of hydrogen-bond donors (Lipinski definition) is 1. The van der Waals surface area contributed by atoms with E-state index in [1.807, 2.05) is 42.5 Å². The van der Waals surface area contributed by atoms with E-state index in [-0.39, 0.29) is 18.3 Å². The first-order valence-corrected chi connectivity index (χ1v) is 10.1. The van der Waals surface area contributed by atoms with Gasteiger partial charge in [0.15, 0.2) is 0 Å². The average Bonchev–Trinajstić information content (AvgIpc) is 3.56. The Morgan fingerprint density at radius 1 is 1.07 bits per heavy atom. The van der Waals surface area contributed by atoms with Crippen molar-refractivity contribution in [3.05, 3.63) is 92.3 Å². The van der Waals surface area contributed by atoms with E-state index in [1.54, 1.807) is 12.1 Å². The van der Waals surface area contributed by atoms with Gasteiger partial charge in [-0.05, 0) is 42.0 Å². The number of hydrogen-bond acceptors (Lipinski definition) is 4. The van der Waals surface area contributed by atoms with Crippen molar-refractivity contribution in [2.75, 3.05) is 0 Å². The molecule has 2 aromatic carbocycles. The van der Waals surface area contributed by atoms with Crippen LogP contribution in [0.2, 0.25) is 0 Å². The fourth-order valence-corrected chi connectivity index (χ4v) is 3.21. The van der Waals surface area contributed by atoms with Crippen molar-refractivity contribution in [1.29, 1.82) is 0 Å². The molecule has 0 radical (unpaired) electrons. The standard InChI is InChI=1S/C23H24N4O3/c1-15(2)17-8-12-19(13-9-17)27-23(30)26(14-16-6-4-3-5-7-16)22(29)20(25-27)21(28)24-18-10-11-18/h3-9,12-13,15,18H,10-11,14H2,1-2H3,(H,24,28). The summed E-state index contributed by atoms with van der Waals surface area (Å²) in [5.74, 6) is -0.201. The lowest BCUT2D eigenvalue weighted by molar-refractivity contribution is 0.0941. The largest absolute Gasteiger partial charge is 0.352 e. The van der Waals surface area contributed by atoms with E-state index < -0.39 is 17.2 Å². The lowest BCUT2D eigenvalue weighted by Crippen LogP contribution is -2.46. The molecule has 154 valence electrons. The van der Waals surface area contributed by atoms with Crippen LogP contribution in [0.5, 0.6) is 0 Å². The second kappa shape index (κ2) is 8.10. The van der Waals surface area contributed by atoms with Crippen molar-refractivity contribution >= 4 is 5.91 Å². The number of amides is 1. The van der Waals surface area contributed by atoms with Crippen LogP contribution in [0.4, 0.5) is 0 Å². The third-order valence-corrected chi connectivity index (χ3v) is 5.18. The molecule has 1 saturated carbocycles. The van der Waals surface area contributed by atoms with Crippen LogP contribution >= 0.6 is 0 Å². The van der Waals surface area contributed by atoms with E-state index in [2.05, 4.69) is 24.3 Å². The Bertz CT molecular complexity index is 1170. The van der Waals surface area contributed by atoms with Gasteiger partial charge in [-0.3, -0.25) is 14.2 Å². The van der Waals surface area contributed by atoms with Crippen LogP contribution in [0.1, 0.15) is 54.2 Å². The molecule has 7 nitrogen and oxygen atoms in total.